The minimum atomic E-state index is -4.04. The average Bonchev–Trinajstić information content (AvgIpc) is 2.96. The Balaban J connectivity index is 1.38. The van der Waals surface area contributed by atoms with Gasteiger partial charge in [0.15, 0.2) is 6.61 Å². The maximum Gasteiger partial charge on any atom is 0.264 e. The topological polar surface area (TPSA) is 117 Å². The van der Waals surface area contributed by atoms with Crippen LogP contribution in [0.1, 0.15) is 22.3 Å². The number of hydrazone groups is 1. The van der Waals surface area contributed by atoms with E-state index in [1.807, 2.05) is 26.8 Å². The van der Waals surface area contributed by atoms with Gasteiger partial charge in [0.25, 0.3) is 21.8 Å². The standard InChI is InChI=1S/C32H31ClN4O5S/c1-22-8-14-28(15-9-22)43(40,41)37(26-17-23(2)16-24(3)18-26)20-31(38)36-34-19-25-10-12-27(13-11-25)42-21-32(39)35-30-7-5-4-6-29(30)33/h4-19H,20-21H2,1-3H3,(H,35,39)(H,36,38)/b34-19-. The lowest BCUT2D eigenvalue weighted by Crippen LogP contribution is -2.39. The van der Waals surface area contributed by atoms with Crippen molar-refractivity contribution in [2.75, 3.05) is 22.8 Å². The van der Waals surface area contributed by atoms with Gasteiger partial charge in [0.2, 0.25) is 0 Å². The Kier molecular flexibility index (Phi) is 10.2. The van der Waals surface area contributed by atoms with E-state index in [9.17, 15) is 18.0 Å². The summed E-state index contributed by atoms with van der Waals surface area (Å²) in [5.74, 6) is -0.516. The molecule has 2 N–H and O–H groups in total. The second-order valence-electron chi connectivity index (χ2n) is 9.85. The summed E-state index contributed by atoms with van der Waals surface area (Å²) in [5, 5.41) is 7.10. The molecule has 0 radical (unpaired) electrons. The SMILES string of the molecule is Cc1ccc(S(=O)(=O)N(CC(=O)N/N=C\c2ccc(OCC(=O)Nc3ccccc3Cl)cc2)c2cc(C)cc(C)c2)cc1. The van der Waals surface area contributed by atoms with Gasteiger partial charge in [-0.1, -0.05) is 47.5 Å². The molecular weight excluding hydrogens is 588 g/mol. The van der Waals surface area contributed by atoms with Gasteiger partial charge in [0, 0.05) is 0 Å². The third kappa shape index (κ3) is 8.67. The van der Waals surface area contributed by atoms with Crippen LogP contribution in [0.25, 0.3) is 0 Å². The Labute approximate surface area is 256 Å². The molecule has 4 aromatic carbocycles. The van der Waals surface area contributed by atoms with Crippen LogP contribution < -0.4 is 19.8 Å². The summed E-state index contributed by atoms with van der Waals surface area (Å²) >= 11 is 6.05. The Bertz CT molecular complexity index is 1720. The summed E-state index contributed by atoms with van der Waals surface area (Å²) in [6, 6.07) is 25.4. The molecule has 4 aromatic rings. The summed E-state index contributed by atoms with van der Waals surface area (Å²) in [5.41, 5.74) is 6.58. The van der Waals surface area contributed by atoms with Crippen LogP contribution in [0.4, 0.5) is 11.4 Å². The van der Waals surface area contributed by atoms with Crippen LogP contribution >= 0.6 is 11.6 Å². The van der Waals surface area contributed by atoms with E-state index < -0.39 is 22.5 Å². The van der Waals surface area contributed by atoms with Gasteiger partial charge in [0.05, 0.1) is 27.5 Å². The molecule has 0 spiro atoms. The number of carbonyl (C=O) groups excluding carboxylic acids is 2. The van der Waals surface area contributed by atoms with Crippen molar-refractivity contribution in [1.82, 2.24) is 5.43 Å². The maximum atomic E-state index is 13.6. The number of para-hydroxylation sites is 1. The van der Waals surface area contributed by atoms with Crippen molar-refractivity contribution in [2.24, 2.45) is 5.10 Å². The molecule has 11 heteroatoms. The van der Waals surface area contributed by atoms with E-state index in [0.717, 1.165) is 21.0 Å². The van der Waals surface area contributed by atoms with Crippen molar-refractivity contribution in [1.29, 1.82) is 0 Å². The third-order valence-corrected chi connectivity index (χ3v) is 8.31. The minimum absolute atomic E-state index is 0.0808. The molecule has 0 aromatic heterocycles. The number of carbonyl (C=O) groups is 2. The highest BCUT2D eigenvalue weighted by Crippen LogP contribution is 2.26. The van der Waals surface area contributed by atoms with E-state index in [2.05, 4.69) is 15.8 Å². The third-order valence-electron chi connectivity index (χ3n) is 6.19. The fraction of sp³-hybridized carbons (Fsp3) is 0.156. The highest BCUT2D eigenvalue weighted by molar-refractivity contribution is 7.92. The van der Waals surface area contributed by atoms with Crippen LogP contribution in [0.15, 0.2) is 101 Å². The lowest BCUT2D eigenvalue weighted by molar-refractivity contribution is -0.119. The molecule has 0 unspecified atom stereocenters. The second kappa shape index (κ2) is 14.0. The zero-order chi connectivity index (χ0) is 31.0. The number of hydrogen-bond donors (Lipinski definition) is 2. The number of aryl methyl sites for hydroxylation is 3. The first-order valence-electron chi connectivity index (χ1n) is 13.3. The molecule has 0 saturated carbocycles. The van der Waals surface area contributed by atoms with E-state index in [1.165, 1.54) is 18.3 Å². The summed E-state index contributed by atoms with van der Waals surface area (Å²) in [7, 11) is -4.04. The Morgan fingerprint density at radius 1 is 0.860 bits per heavy atom. The number of anilines is 2. The molecule has 0 fully saturated rings. The summed E-state index contributed by atoms with van der Waals surface area (Å²) in [4.78, 5) is 25.1. The molecule has 9 nitrogen and oxygen atoms in total. The lowest BCUT2D eigenvalue weighted by Gasteiger charge is -2.24. The van der Waals surface area contributed by atoms with Crippen LogP contribution in [0.5, 0.6) is 5.75 Å². The Hall–Kier alpha value is -4.67. The van der Waals surface area contributed by atoms with Crippen LogP contribution in [-0.4, -0.2) is 39.6 Å². The van der Waals surface area contributed by atoms with Gasteiger partial charge in [-0.3, -0.25) is 13.9 Å². The van der Waals surface area contributed by atoms with E-state index in [0.29, 0.717) is 27.7 Å². The number of hydrogen-bond acceptors (Lipinski definition) is 6. The first kappa shape index (κ1) is 31.3. The number of benzene rings is 4. The lowest BCUT2D eigenvalue weighted by atomic mass is 10.1. The zero-order valence-electron chi connectivity index (χ0n) is 23.9. The van der Waals surface area contributed by atoms with Gasteiger partial charge in [-0.25, -0.2) is 13.8 Å². The van der Waals surface area contributed by atoms with Crippen LogP contribution in [-0.2, 0) is 19.6 Å². The van der Waals surface area contributed by atoms with Crippen molar-refractivity contribution in [3.8, 4) is 5.75 Å². The van der Waals surface area contributed by atoms with E-state index in [1.54, 1.807) is 72.8 Å². The van der Waals surface area contributed by atoms with E-state index >= 15 is 0 Å². The molecule has 0 saturated heterocycles. The normalized spacial score (nSPS) is 11.3. The predicted molar refractivity (Wildman–Crippen MR) is 169 cm³/mol. The quantitative estimate of drug-likeness (QED) is 0.167. The number of nitrogens with zero attached hydrogens (tertiary/aromatic N) is 2. The monoisotopic (exact) mass is 618 g/mol. The fourth-order valence-electron chi connectivity index (χ4n) is 4.14. The molecule has 0 atom stereocenters. The van der Waals surface area contributed by atoms with Crippen LogP contribution in [0, 0.1) is 20.8 Å². The number of halogens is 1. The Morgan fingerprint density at radius 2 is 1.51 bits per heavy atom. The molecule has 4 rings (SSSR count). The van der Waals surface area contributed by atoms with E-state index in [-0.39, 0.29) is 17.4 Å². The zero-order valence-corrected chi connectivity index (χ0v) is 25.4. The predicted octanol–water partition coefficient (Wildman–Crippen LogP) is 5.63. The Morgan fingerprint density at radius 3 is 2.16 bits per heavy atom. The molecule has 0 aliphatic heterocycles. The fourth-order valence-corrected chi connectivity index (χ4v) is 5.73. The summed E-state index contributed by atoms with van der Waals surface area (Å²) in [6.07, 6.45) is 1.42. The molecule has 0 aliphatic rings. The average molecular weight is 619 g/mol. The number of rotatable bonds is 11. The van der Waals surface area contributed by atoms with Gasteiger partial charge >= 0.3 is 0 Å². The summed E-state index contributed by atoms with van der Waals surface area (Å²) in [6.45, 7) is 4.91. The van der Waals surface area contributed by atoms with Gasteiger partial charge in [0.1, 0.15) is 12.3 Å². The van der Waals surface area contributed by atoms with Gasteiger partial charge in [-0.05, 0) is 98.1 Å². The van der Waals surface area contributed by atoms with Crippen molar-refractivity contribution in [3.05, 3.63) is 118 Å². The second-order valence-corrected chi connectivity index (χ2v) is 12.1. The van der Waals surface area contributed by atoms with Crippen molar-refractivity contribution in [2.45, 2.75) is 25.7 Å². The van der Waals surface area contributed by atoms with Crippen LogP contribution in [0.3, 0.4) is 0 Å². The molecule has 222 valence electrons. The number of amides is 2. The highest BCUT2D eigenvalue weighted by atomic mass is 35.5. The first-order valence-corrected chi connectivity index (χ1v) is 15.1. The number of nitrogens with one attached hydrogen (secondary N) is 2. The molecule has 0 heterocycles. The molecule has 2 amide bonds. The molecule has 43 heavy (non-hydrogen) atoms. The number of sulfonamides is 1. The number of ether oxygens (including phenoxy) is 1. The highest BCUT2D eigenvalue weighted by Gasteiger charge is 2.27. The molecular formula is C32H31ClN4O5S. The first-order chi connectivity index (χ1) is 20.5. The smallest absolute Gasteiger partial charge is 0.264 e. The van der Waals surface area contributed by atoms with Crippen LogP contribution in [0.2, 0.25) is 5.02 Å². The maximum absolute atomic E-state index is 13.6. The molecule has 0 bridgehead atoms. The van der Waals surface area contributed by atoms with Crippen molar-refractivity contribution in [3.63, 3.8) is 0 Å². The van der Waals surface area contributed by atoms with Gasteiger partial charge in [-0.15, -0.1) is 0 Å². The largest absolute Gasteiger partial charge is 0.484 e. The van der Waals surface area contributed by atoms with Gasteiger partial charge < -0.3 is 10.1 Å². The summed E-state index contributed by atoms with van der Waals surface area (Å²) < 4.78 is 33.8. The minimum Gasteiger partial charge on any atom is -0.484 e. The van der Waals surface area contributed by atoms with Crippen molar-refractivity contribution >= 4 is 51.0 Å². The van der Waals surface area contributed by atoms with E-state index in [4.69, 9.17) is 16.3 Å². The molecule has 0 aliphatic carbocycles. The van der Waals surface area contributed by atoms with Crippen molar-refractivity contribution < 1.29 is 22.7 Å². The van der Waals surface area contributed by atoms with Gasteiger partial charge in [-0.2, -0.15) is 5.10 Å².